The molecule has 2 fully saturated rings. The number of benzene rings is 1. The monoisotopic (exact) mass is 430 g/mol. The van der Waals surface area contributed by atoms with Crippen LogP contribution < -0.4 is 4.74 Å². The lowest BCUT2D eigenvalue weighted by atomic mass is 9.77. The van der Waals surface area contributed by atoms with Crippen molar-refractivity contribution in [1.82, 2.24) is 20.0 Å². The molecule has 2 aromatic rings. The highest BCUT2D eigenvalue weighted by atomic mass is 19.1. The van der Waals surface area contributed by atoms with Crippen molar-refractivity contribution in [3.63, 3.8) is 0 Å². The first kappa shape index (κ1) is 21.3. The minimum atomic E-state index is -0.530. The molecule has 2 amide bonds. The molecule has 3 heterocycles. The van der Waals surface area contributed by atoms with Crippen LogP contribution in [0.3, 0.4) is 0 Å². The third kappa shape index (κ3) is 5.22. The average Bonchev–Trinajstić information content (AvgIpc) is 3.34. The summed E-state index contributed by atoms with van der Waals surface area (Å²) < 4.78 is 24.6. The molecule has 2 aliphatic rings. The Bertz CT molecular complexity index is 883. The maximum atomic E-state index is 13.2. The number of hydrogen-bond donors (Lipinski definition) is 1. The van der Waals surface area contributed by atoms with Crippen LogP contribution in [0.2, 0.25) is 0 Å². The van der Waals surface area contributed by atoms with Crippen molar-refractivity contribution in [2.45, 2.75) is 19.3 Å². The van der Waals surface area contributed by atoms with Crippen LogP contribution in [0.4, 0.5) is 4.39 Å². The third-order valence-corrected chi connectivity index (χ3v) is 5.93. The number of hydrogen-bond acceptors (Lipinski definition) is 5. The number of aromatic nitrogens is 2. The molecular formula is C22H27FN4O4. The number of morpholine rings is 1. The molecule has 0 bridgehead atoms. The van der Waals surface area contributed by atoms with Crippen molar-refractivity contribution in [1.29, 1.82) is 0 Å². The number of nitrogens with zero attached hydrogens (tertiary/aromatic N) is 3. The highest BCUT2D eigenvalue weighted by Crippen LogP contribution is 2.36. The second kappa shape index (κ2) is 9.47. The Morgan fingerprint density at radius 3 is 2.61 bits per heavy atom. The summed E-state index contributed by atoms with van der Waals surface area (Å²) in [6, 6.07) is 7.48. The van der Waals surface area contributed by atoms with Crippen molar-refractivity contribution >= 4 is 11.8 Å². The van der Waals surface area contributed by atoms with Crippen molar-refractivity contribution < 1.29 is 23.5 Å². The van der Waals surface area contributed by atoms with Crippen LogP contribution >= 0.6 is 0 Å². The van der Waals surface area contributed by atoms with E-state index in [1.807, 2.05) is 4.90 Å². The van der Waals surface area contributed by atoms with Crippen LogP contribution in [-0.4, -0.2) is 77.8 Å². The third-order valence-electron chi connectivity index (χ3n) is 5.93. The van der Waals surface area contributed by atoms with Crippen molar-refractivity contribution in [2.24, 2.45) is 5.41 Å². The van der Waals surface area contributed by atoms with Gasteiger partial charge in [0.15, 0.2) is 0 Å². The molecule has 1 unspecified atom stereocenters. The highest BCUT2D eigenvalue weighted by Gasteiger charge is 2.41. The SMILES string of the molecule is O=C(CC1(COc2ccc(F)cc2)CCCN(C(=O)c2ccn[nH]2)C1)N1CCOCC1. The number of piperidine rings is 1. The van der Waals surface area contributed by atoms with Gasteiger partial charge in [-0.2, -0.15) is 5.10 Å². The summed E-state index contributed by atoms with van der Waals surface area (Å²) in [5, 5.41) is 6.59. The van der Waals surface area contributed by atoms with E-state index >= 15 is 0 Å². The molecule has 0 saturated carbocycles. The van der Waals surface area contributed by atoms with Gasteiger partial charge in [-0.3, -0.25) is 14.7 Å². The minimum Gasteiger partial charge on any atom is -0.493 e. The smallest absolute Gasteiger partial charge is 0.271 e. The molecule has 2 saturated heterocycles. The van der Waals surface area contributed by atoms with Gasteiger partial charge in [0.1, 0.15) is 17.3 Å². The van der Waals surface area contributed by atoms with E-state index in [0.29, 0.717) is 50.8 Å². The lowest BCUT2D eigenvalue weighted by Gasteiger charge is -2.43. The molecule has 0 spiro atoms. The average molecular weight is 430 g/mol. The number of amides is 2. The van der Waals surface area contributed by atoms with Crippen LogP contribution in [0.1, 0.15) is 29.8 Å². The summed E-state index contributed by atoms with van der Waals surface area (Å²) in [5.74, 6) is 0.110. The first-order valence-electron chi connectivity index (χ1n) is 10.6. The van der Waals surface area contributed by atoms with Gasteiger partial charge in [-0.15, -0.1) is 0 Å². The number of H-pyrrole nitrogens is 1. The standard InChI is InChI=1S/C22H27FN4O4/c23-17-2-4-18(5-3-17)31-16-22(14-20(28)26-10-12-30-13-11-26)7-1-9-27(15-22)21(29)19-6-8-24-25-19/h2-6,8H,1,7,9-16H2,(H,24,25). The molecule has 9 heteroatoms. The lowest BCUT2D eigenvalue weighted by molar-refractivity contribution is -0.139. The van der Waals surface area contributed by atoms with Gasteiger partial charge in [0, 0.05) is 44.2 Å². The van der Waals surface area contributed by atoms with Gasteiger partial charge < -0.3 is 19.3 Å². The fraction of sp³-hybridized carbons (Fsp3) is 0.500. The Kier molecular flexibility index (Phi) is 6.50. The lowest BCUT2D eigenvalue weighted by Crippen LogP contribution is -2.52. The molecule has 31 heavy (non-hydrogen) atoms. The summed E-state index contributed by atoms with van der Waals surface area (Å²) in [6.07, 6.45) is 3.35. The van der Waals surface area contributed by atoms with E-state index < -0.39 is 5.41 Å². The Labute approximate surface area is 180 Å². The zero-order valence-electron chi connectivity index (χ0n) is 17.4. The normalized spacial score (nSPS) is 21.7. The largest absolute Gasteiger partial charge is 0.493 e. The predicted octanol–water partition coefficient (Wildman–Crippen LogP) is 2.10. The number of likely N-dealkylation sites (tertiary alicyclic amines) is 1. The summed E-state index contributed by atoms with van der Waals surface area (Å²) in [6.45, 7) is 3.51. The van der Waals surface area contributed by atoms with E-state index in [2.05, 4.69) is 10.2 Å². The number of rotatable bonds is 6. The first-order valence-corrected chi connectivity index (χ1v) is 10.6. The molecule has 1 N–H and O–H groups in total. The first-order chi connectivity index (χ1) is 15.0. The zero-order chi connectivity index (χ0) is 21.7. The van der Waals surface area contributed by atoms with E-state index in [-0.39, 0.29) is 30.7 Å². The van der Waals surface area contributed by atoms with Crippen LogP contribution in [0.5, 0.6) is 5.75 Å². The Hall–Kier alpha value is -2.94. The molecule has 166 valence electrons. The Morgan fingerprint density at radius 2 is 1.90 bits per heavy atom. The van der Waals surface area contributed by atoms with E-state index in [1.54, 1.807) is 29.3 Å². The van der Waals surface area contributed by atoms with E-state index in [1.165, 1.54) is 12.1 Å². The van der Waals surface area contributed by atoms with E-state index in [9.17, 15) is 14.0 Å². The summed E-state index contributed by atoms with van der Waals surface area (Å²) in [5.41, 5.74) is -0.104. The Balaban J connectivity index is 1.51. The number of carbonyl (C=O) groups excluding carboxylic acids is 2. The van der Waals surface area contributed by atoms with Crippen LogP contribution in [-0.2, 0) is 9.53 Å². The predicted molar refractivity (Wildman–Crippen MR) is 110 cm³/mol. The fourth-order valence-corrected chi connectivity index (χ4v) is 4.25. The maximum absolute atomic E-state index is 13.2. The van der Waals surface area contributed by atoms with Gasteiger partial charge in [-0.25, -0.2) is 4.39 Å². The molecule has 0 aliphatic carbocycles. The number of aromatic amines is 1. The molecular weight excluding hydrogens is 403 g/mol. The number of halogens is 1. The van der Waals surface area contributed by atoms with Crippen LogP contribution in [0.15, 0.2) is 36.5 Å². The number of ether oxygens (including phenoxy) is 2. The number of carbonyl (C=O) groups is 2. The van der Waals surface area contributed by atoms with Gasteiger partial charge in [-0.05, 0) is 43.2 Å². The van der Waals surface area contributed by atoms with Crippen molar-refractivity contribution in [2.75, 3.05) is 46.0 Å². The molecule has 4 rings (SSSR count). The zero-order valence-corrected chi connectivity index (χ0v) is 17.4. The maximum Gasteiger partial charge on any atom is 0.271 e. The second-order valence-electron chi connectivity index (χ2n) is 8.21. The van der Waals surface area contributed by atoms with Crippen LogP contribution in [0.25, 0.3) is 0 Å². The fourth-order valence-electron chi connectivity index (χ4n) is 4.25. The highest BCUT2D eigenvalue weighted by molar-refractivity contribution is 5.92. The van der Waals surface area contributed by atoms with Gasteiger partial charge in [-0.1, -0.05) is 0 Å². The van der Waals surface area contributed by atoms with Gasteiger partial charge >= 0.3 is 0 Å². The molecule has 2 aliphatic heterocycles. The van der Waals surface area contributed by atoms with Crippen LogP contribution in [0, 0.1) is 11.2 Å². The quantitative estimate of drug-likeness (QED) is 0.758. The molecule has 0 radical (unpaired) electrons. The second-order valence-corrected chi connectivity index (χ2v) is 8.21. The van der Waals surface area contributed by atoms with Crippen molar-refractivity contribution in [3.05, 3.63) is 48.0 Å². The summed E-state index contributed by atoms with van der Waals surface area (Å²) in [7, 11) is 0. The van der Waals surface area contributed by atoms with Gasteiger partial charge in [0.25, 0.3) is 5.91 Å². The summed E-state index contributed by atoms with van der Waals surface area (Å²) >= 11 is 0. The van der Waals surface area contributed by atoms with Gasteiger partial charge in [0.05, 0.1) is 19.8 Å². The van der Waals surface area contributed by atoms with E-state index in [0.717, 1.165) is 12.8 Å². The summed E-state index contributed by atoms with van der Waals surface area (Å²) in [4.78, 5) is 29.6. The Morgan fingerprint density at radius 1 is 1.13 bits per heavy atom. The molecule has 1 atom stereocenters. The minimum absolute atomic E-state index is 0.0434. The molecule has 1 aromatic carbocycles. The van der Waals surface area contributed by atoms with Gasteiger partial charge in [0.2, 0.25) is 5.91 Å². The molecule has 8 nitrogen and oxygen atoms in total. The molecule has 1 aromatic heterocycles. The van der Waals surface area contributed by atoms with E-state index in [4.69, 9.17) is 9.47 Å². The van der Waals surface area contributed by atoms with Crippen molar-refractivity contribution in [3.8, 4) is 5.75 Å². The topological polar surface area (TPSA) is 87.8 Å². The number of nitrogens with one attached hydrogen (secondary N) is 1.